The number of aliphatic hydroxyl groups is 1. The lowest BCUT2D eigenvalue weighted by molar-refractivity contribution is 0.104. The molecule has 1 fully saturated rings. The van der Waals surface area contributed by atoms with Crippen LogP contribution in [0.25, 0.3) is 5.69 Å². The van der Waals surface area contributed by atoms with Crippen LogP contribution in [0.5, 0.6) is 0 Å². The predicted octanol–water partition coefficient (Wildman–Crippen LogP) is 2.08. The lowest BCUT2D eigenvalue weighted by atomic mass is 9.88. The van der Waals surface area contributed by atoms with E-state index >= 15 is 0 Å². The maximum Gasteiger partial charge on any atom is 0.404 e. The van der Waals surface area contributed by atoms with Gasteiger partial charge in [0.25, 0.3) is 0 Å². The summed E-state index contributed by atoms with van der Waals surface area (Å²) in [6.45, 7) is 1.80. The van der Waals surface area contributed by atoms with E-state index in [1.54, 1.807) is 13.0 Å². The van der Waals surface area contributed by atoms with Gasteiger partial charge in [0.2, 0.25) is 0 Å². The number of aromatic nitrogens is 5. The molecule has 1 aliphatic carbocycles. The average molecular weight is 467 g/mol. The third-order valence-electron chi connectivity index (χ3n) is 5.51. The Labute approximate surface area is 193 Å². The molecular formula is C21H22FN9O3. The van der Waals surface area contributed by atoms with Crippen LogP contribution in [0.4, 0.5) is 26.5 Å². The van der Waals surface area contributed by atoms with Crippen LogP contribution < -0.4 is 16.0 Å². The minimum Gasteiger partial charge on any atom is -0.465 e. The largest absolute Gasteiger partial charge is 0.465 e. The number of carbonyl (C=O) groups is 1. The van der Waals surface area contributed by atoms with E-state index in [1.165, 1.54) is 23.4 Å². The van der Waals surface area contributed by atoms with Crippen molar-refractivity contribution in [2.45, 2.75) is 44.4 Å². The Bertz CT molecular complexity index is 1230. The number of nitriles is 1. The fourth-order valence-corrected chi connectivity index (χ4v) is 3.85. The van der Waals surface area contributed by atoms with E-state index in [2.05, 4.69) is 36.1 Å². The van der Waals surface area contributed by atoms with Gasteiger partial charge in [0.1, 0.15) is 11.8 Å². The lowest BCUT2D eigenvalue weighted by Crippen LogP contribution is -2.51. The summed E-state index contributed by atoms with van der Waals surface area (Å²) in [6, 6.07) is 3.54. The molecule has 12 nitrogen and oxygen atoms in total. The van der Waals surface area contributed by atoms with Crippen LogP contribution in [-0.2, 0) is 0 Å². The second-order valence-electron chi connectivity index (χ2n) is 7.87. The number of aliphatic hydroxyl groups excluding tert-OH is 1. The van der Waals surface area contributed by atoms with E-state index in [0.717, 1.165) is 6.07 Å². The first-order chi connectivity index (χ1) is 16.3. The number of carboxylic acid groups (broad SMARTS) is 1. The highest BCUT2D eigenvalue weighted by molar-refractivity contribution is 5.67. The fourth-order valence-electron chi connectivity index (χ4n) is 3.85. The highest BCUT2D eigenvalue weighted by Crippen LogP contribution is 2.28. The Kier molecular flexibility index (Phi) is 6.51. The smallest absolute Gasteiger partial charge is 0.404 e. The van der Waals surface area contributed by atoms with Gasteiger partial charge in [0, 0.05) is 6.04 Å². The molecule has 0 saturated heterocycles. The van der Waals surface area contributed by atoms with Gasteiger partial charge in [-0.25, -0.2) is 14.2 Å². The SMILES string of the molecule is Cc1ncc(Nc2nc(NC3CCC(O)CC3NC(=O)O)c(F)cc2C#N)cc1-n1nccn1. The molecule has 0 bridgehead atoms. The normalized spacial score (nSPS) is 19.8. The number of rotatable bonds is 6. The minimum absolute atomic E-state index is 0.0262. The molecule has 176 valence electrons. The molecule has 3 aromatic heterocycles. The highest BCUT2D eigenvalue weighted by Gasteiger charge is 2.32. The number of hydrogen-bond acceptors (Lipinski definition) is 9. The van der Waals surface area contributed by atoms with Crippen LogP contribution in [0.1, 0.15) is 30.5 Å². The number of nitrogens with one attached hydrogen (secondary N) is 3. The first-order valence-electron chi connectivity index (χ1n) is 10.5. The van der Waals surface area contributed by atoms with Gasteiger partial charge in [0.15, 0.2) is 17.5 Å². The zero-order chi connectivity index (χ0) is 24.2. The summed E-state index contributed by atoms with van der Waals surface area (Å²) >= 11 is 0. The Balaban J connectivity index is 1.62. The van der Waals surface area contributed by atoms with E-state index in [1.807, 2.05) is 6.07 Å². The standard InChI is InChI=1S/C21H22FN9O3/c1-11-18(31-25-4-5-26-31)7-13(10-24-11)27-19-12(9-23)6-15(22)20(30-19)28-16-3-2-14(32)8-17(16)29-21(33)34/h4-7,10,14,16-17,29,32H,2-3,8H2,1H3,(H,33,34)(H2,27,28,30). The molecule has 0 aliphatic heterocycles. The van der Waals surface area contributed by atoms with Crippen molar-refractivity contribution in [1.82, 2.24) is 30.3 Å². The maximum absolute atomic E-state index is 14.8. The molecule has 0 spiro atoms. The number of amides is 1. The van der Waals surface area contributed by atoms with Crippen LogP contribution in [0.15, 0.2) is 30.7 Å². The molecular weight excluding hydrogens is 445 g/mol. The zero-order valence-electron chi connectivity index (χ0n) is 18.1. The Morgan fingerprint density at radius 1 is 1.24 bits per heavy atom. The summed E-state index contributed by atoms with van der Waals surface area (Å²) in [5.74, 6) is -0.810. The Morgan fingerprint density at radius 3 is 2.71 bits per heavy atom. The second-order valence-corrected chi connectivity index (χ2v) is 7.87. The number of halogens is 1. The quantitative estimate of drug-likeness (QED) is 0.361. The van der Waals surface area contributed by atoms with Gasteiger partial charge in [0.05, 0.1) is 47.7 Å². The summed E-state index contributed by atoms with van der Waals surface area (Å²) < 4.78 is 14.8. The molecule has 13 heteroatoms. The van der Waals surface area contributed by atoms with Crippen molar-refractivity contribution in [3.8, 4) is 11.8 Å². The second kappa shape index (κ2) is 9.67. The number of pyridine rings is 2. The van der Waals surface area contributed by atoms with Crippen molar-refractivity contribution < 1.29 is 19.4 Å². The molecule has 3 atom stereocenters. The van der Waals surface area contributed by atoms with Crippen LogP contribution >= 0.6 is 0 Å². The summed E-state index contributed by atoms with van der Waals surface area (Å²) in [4.78, 5) is 21.1. The first kappa shape index (κ1) is 22.9. The third kappa shape index (κ3) is 5.02. The van der Waals surface area contributed by atoms with Gasteiger partial charge in [-0.15, -0.1) is 4.80 Å². The van der Waals surface area contributed by atoms with Crippen LogP contribution in [0.3, 0.4) is 0 Å². The van der Waals surface area contributed by atoms with Crippen molar-refractivity contribution in [1.29, 1.82) is 5.26 Å². The monoisotopic (exact) mass is 467 g/mol. The summed E-state index contributed by atoms with van der Waals surface area (Å²) in [5.41, 5.74) is 1.73. The number of aryl methyl sites for hydroxylation is 1. The van der Waals surface area contributed by atoms with Crippen LogP contribution in [-0.4, -0.2) is 59.5 Å². The van der Waals surface area contributed by atoms with Crippen molar-refractivity contribution in [2.24, 2.45) is 0 Å². The van der Waals surface area contributed by atoms with Gasteiger partial charge in [-0.2, -0.15) is 15.5 Å². The summed E-state index contributed by atoms with van der Waals surface area (Å²) in [6.07, 6.45) is 3.72. The summed E-state index contributed by atoms with van der Waals surface area (Å²) in [7, 11) is 0. The Morgan fingerprint density at radius 2 is 2.00 bits per heavy atom. The molecule has 0 aromatic carbocycles. The van der Waals surface area contributed by atoms with Gasteiger partial charge < -0.3 is 26.2 Å². The molecule has 3 unspecified atom stereocenters. The minimum atomic E-state index is -1.24. The molecule has 1 amide bonds. The van der Waals surface area contributed by atoms with Gasteiger partial charge in [-0.05, 0) is 38.3 Å². The average Bonchev–Trinajstić information content (AvgIpc) is 3.33. The van der Waals surface area contributed by atoms with Gasteiger partial charge in [-0.1, -0.05) is 0 Å². The van der Waals surface area contributed by atoms with Crippen molar-refractivity contribution >= 4 is 23.4 Å². The van der Waals surface area contributed by atoms with Crippen molar-refractivity contribution in [3.05, 3.63) is 47.8 Å². The molecule has 1 saturated carbocycles. The van der Waals surface area contributed by atoms with E-state index in [9.17, 15) is 19.6 Å². The van der Waals surface area contributed by atoms with E-state index < -0.39 is 30.1 Å². The van der Waals surface area contributed by atoms with Crippen LogP contribution in [0, 0.1) is 24.1 Å². The third-order valence-corrected chi connectivity index (χ3v) is 5.51. The number of anilines is 3. The van der Waals surface area contributed by atoms with E-state index in [0.29, 0.717) is 29.9 Å². The fraction of sp³-hybridized carbons (Fsp3) is 0.333. The molecule has 3 heterocycles. The highest BCUT2D eigenvalue weighted by atomic mass is 19.1. The zero-order valence-corrected chi connectivity index (χ0v) is 18.1. The predicted molar refractivity (Wildman–Crippen MR) is 118 cm³/mol. The summed E-state index contributed by atoms with van der Waals surface area (Å²) in [5, 5.41) is 45.0. The molecule has 1 aliphatic rings. The molecule has 34 heavy (non-hydrogen) atoms. The molecule has 5 N–H and O–H groups in total. The van der Waals surface area contributed by atoms with Gasteiger partial charge >= 0.3 is 6.09 Å². The molecule has 0 radical (unpaired) electrons. The van der Waals surface area contributed by atoms with Crippen molar-refractivity contribution in [2.75, 3.05) is 10.6 Å². The van der Waals surface area contributed by atoms with E-state index in [-0.39, 0.29) is 23.6 Å². The molecule has 4 rings (SSSR count). The number of nitrogens with zero attached hydrogens (tertiary/aromatic N) is 6. The topological polar surface area (TPSA) is 174 Å². The van der Waals surface area contributed by atoms with Crippen molar-refractivity contribution in [3.63, 3.8) is 0 Å². The number of hydrogen-bond donors (Lipinski definition) is 5. The lowest BCUT2D eigenvalue weighted by Gasteiger charge is -2.34. The maximum atomic E-state index is 14.8. The Hall–Kier alpha value is -4.31. The first-order valence-corrected chi connectivity index (χ1v) is 10.5. The van der Waals surface area contributed by atoms with Gasteiger partial charge in [-0.3, -0.25) is 4.98 Å². The van der Waals surface area contributed by atoms with Crippen LogP contribution in [0.2, 0.25) is 0 Å². The molecule has 3 aromatic rings. The van der Waals surface area contributed by atoms with E-state index in [4.69, 9.17) is 5.11 Å².